The average molecular weight is 366 g/mol. The molecule has 22 heavy (non-hydrogen) atoms. The molecule has 1 aromatic carbocycles. The molecule has 0 fully saturated rings. The summed E-state index contributed by atoms with van der Waals surface area (Å²) in [5, 5.41) is 2.66. The third-order valence-corrected chi connectivity index (χ3v) is 3.94. The van der Waals surface area contributed by atoms with Crippen LogP contribution >= 0.6 is 15.9 Å². The van der Waals surface area contributed by atoms with E-state index in [-0.39, 0.29) is 6.61 Å². The Labute approximate surface area is 136 Å². The number of amides is 1. The number of ether oxygens (including phenoxy) is 1. The summed E-state index contributed by atoms with van der Waals surface area (Å²) in [6.07, 6.45) is 0. The van der Waals surface area contributed by atoms with Crippen molar-refractivity contribution in [2.75, 3.05) is 11.9 Å². The van der Waals surface area contributed by atoms with Gasteiger partial charge in [0.05, 0.1) is 5.69 Å². The van der Waals surface area contributed by atoms with E-state index in [4.69, 9.17) is 9.15 Å². The lowest BCUT2D eigenvalue weighted by molar-refractivity contribution is -0.119. The summed E-state index contributed by atoms with van der Waals surface area (Å²) < 4.78 is 11.2. The molecule has 116 valence electrons. The Morgan fingerprint density at radius 1 is 1.18 bits per heavy atom. The Kier molecular flexibility index (Phi) is 5.03. The Balaban J connectivity index is 1.97. The van der Waals surface area contributed by atoms with E-state index in [0.29, 0.717) is 22.8 Å². The lowest BCUT2D eigenvalue weighted by Gasteiger charge is -2.08. The molecule has 0 aliphatic rings. The first-order chi connectivity index (χ1) is 10.4. The van der Waals surface area contributed by atoms with Gasteiger partial charge in [0.15, 0.2) is 6.61 Å². The largest absolute Gasteiger partial charge is 0.465 e. The molecule has 1 heterocycles. The number of hydrogen-bond acceptors (Lipinski definition) is 4. The zero-order valence-electron chi connectivity index (χ0n) is 12.5. The number of halogens is 1. The molecular formula is C16H16BrNO4. The molecule has 5 nitrogen and oxygen atoms in total. The van der Waals surface area contributed by atoms with Gasteiger partial charge in [-0.15, -0.1) is 0 Å². The van der Waals surface area contributed by atoms with Crippen molar-refractivity contribution in [2.45, 2.75) is 20.8 Å². The van der Waals surface area contributed by atoms with Gasteiger partial charge in [0.1, 0.15) is 17.1 Å². The standard InChI is InChI=1S/C16H16BrNO4/c1-9-10(2)22-11(3)15(9)16(20)21-8-14(19)18-13-7-5-4-6-12(13)17/h4-7H,8H2,1-3H3,(H,18,19). The van der Waals surface area contributed by atoms with Crippen molar-refractivity contribution in [3.8, 4) is 0 Å². The Hall–Kier alpha value is -2.08. The summed E-state index contributed by atoms with van der Waals surface area (Å²) in [7, 11) is 0. The Bertz CT molecular complexity index is 721. The quantitative estimate of drug-likeness (QED) is 0.837. The number of esters is 1. The summed E-state index contributed by atoms with van der Waals surface area (Å²) >= 11 is 3.33. The van der Waals surface area contributed by atoms with E-state index in [0.717, 1.165) is 10.0 Å². The third-order valence-electron chi connectivity index (χ3n) is 3.25. The Morgan fingerprint density at radius 2 is 1.86 bits per heavy atom. The molecule has 1 amide bonds. The predicted octanol–water partition coefficient (Wildman–Crippen LogP) is 3.76. The van der Waals surface area contributed by atoms with Crippen LogP contribution in [-0.4, -0.2) is 18.5 Å². The average Bonchev–Trinajstić information content (AvgIpc) is 2.72. The van der Waals surface area contributed by atoms with Crippen LogP contribution in [0.5, 0.6) is 0 Å². The van der Waals surface area contributed by atoms with E-state index in [1.807, 2.05) is 12.1 Å². The predicted molar refractivity (Wildman–Crippen MR) is 86.0 cm³/mol. The molecule has 0 spiro atoms. The van der Waals surface area contributed by atoms with Crippen LogP contribution in [0.15, 0.2) is 33.2 Å². The highest BCUT2D eigenvalue weighted by atomic mass is 79.9. The molecule has 0 saturated heterocycles. The maximum Gasteiger partial charge on any atom is 0.342 e. The molecule has 1 aromatic heterocycles. The lowest BCUT2D eigenvalue weighted by Crippen LogP contribution is -2.21. The number of anilines is 1. The van der Waals surface area contributed by atoms with Crippen molar-refractivity contribution in [1.82, 2.24) is 0 Å². The fourth-order valence-corrected chi connectivity index (χ4v) is 2.43. The zero-order valence-corrected chi connectivity index (χ0v) is 14.1. The van der Waals surface area contributed by atoms with Crippen LogP contribution in [0.2, 0.25) is 0 Å². The van der Waals surface area contributed by atoms with Gasteiger partial charge in [-0.25, -0.2) is 4.79 Å². The van der Waals surface area contributed by atoms with Crippen molar-refractivity contribution >= 4 is 33.5 Å². The maximum absolute atomic E-state index is 12.1. The SMILES string of the molecule is Cc1oc(C)c(C(=O)OCC(=O)Nc2ccccc2Br)c1C. The smallest absolute Gasteiger partial charge is 0.342 e. The second kappa shape index (κ2) is 6.79. The number of carbonyl (C=O) groups is 2. The second-order valence-corrected chi connectivity index (χ2v) is 5.67. The molecule has 2 aromatic rings. The van der Waals surface area contributed by atoms with E-state index >= 15 is 0 Å². The van der Waals surface area contributed by atoms with Gasteiger partial charge in [-0.2, -0.15) is 0 Å². The van der Waals surface area contributed by atoms with Gasteiger partial charge in [0.25, 0.3) is 5.91 Å². The van der Waals surface area contributed by atoms with Crippen molar-refractivity contribution in [3.05, 3.63) is 51.4 Å². The highest BCUT2D eigenvalue weighted by Crippen LogP contribution is 2.22. The van der Waals surface area contributed by atoms with Gasteiger partial charge in [0, 0.05) is 10.0 Å². The fourth-order valence-electron chi connectivity index (χ4n) is 2.05. The number of aryl methyl sites for hydroxylation is 2. The van der Waals surface area contributed by atoms with Crippen LogP contribution in [0, 0.1) is 20.8 Å². The summed E-state index contributed by atoms with van der Waals surface area (Å²) in [6.45, 7) is 4.89. The fraction of sp³-hybridized carbons (Fsp3) is 0.250. The normalized spacial score (nSPS) is 10.4. The van der Waals surface area contributed by atoms with Gasteiger partial charge in [-0.05, 0) is 48.8 Å². The van der Waals surface area contributed by atoms with Gasteiger partial charge >= 0.3 is 5.97 Å². The van der Waals surface area contributed by atoms with E-state index in [1.165, 1.54) is 0 Å². The number of hydrogen-bond donors (Lipinski definition) is 1. The third kappa shape index (κ3) is 3.57. The highest BCUT2D eigenvalue weighted by molar-refractivity contribution is 9.10. The van der Waals surface area contributed by atoms with Gasteiger partial charge in [-0.3, -0.25) is 4.79 Å². The number of benzene rings is 1. The summed E-state index contributed by atoms with van der Waals surface area (Å²) in [4.78, 5) is 23.9. The molecule has 0 saturated carbocycles. The minimum Gasteiger partial charge on any atom is -0.465 e. The van der Waals surface area contributed by atoms with E-state index < -0.39 is 11.9 Å². The van der Waals surface area contributed by atoms with Crippen molar-refractivity contribution in [2.24, 2.45) is 0 Å². The second-order valence-electron chi connectivity index (χ2n) is 4.82. The first-order valence-electron chi connectivity index (χ1n) is 6.68. The molecule has 0 radical (unpaired) electrons. The topological polar surface area (TPSA) is 68.5 Å². The molecule has 0 unspecified atom stereocenters. The molecule has 1 N–H and O–H groups in total. The van der Waals surface area contributed by atoms with E-state index in [9.17, 15) is 9.59 Å². The van der Waals surface area contributed by atoms with Crippen LogP contribution in [0.25, 0.3) is 0 Å². The maximum atomic E-state index is 12.1. The van der Waals surface area contributed by atoms with Gasteiger partial charge in [0.2, 0.25) is 0 Å². The molecule has 6 heteroatoms. The van der Waals surface area contributed by atoms with Crippen LogP contribution in [0.3, 0.4) is 0 Å². The highest BCUT2D eigenvalue weighted by Gasteiger charge is 2.20. The summed E-state index contributed by atoms with van der Waals surface area (Å²) in [5.41, 5.74) is 1.73. The van der Waals surface area contributed by atoms with Gasteiger partial charge in [-0.1, -0.05) is 12.1 Å². The van der Waals surface area contributed by atoms with E-state index in [2.05, 4.69) is 21.2 Å². The molecule has 0 atom stereocenters. The zero-order chi connectivity index (χ0) is 16.3. The first-order valence-corrected chi connectivity index (χ1v) is 7.47. The number of furan rings is 1. The Morgan fingerprint density at radius 3 is 2.45 bits per heavy atom. The van der Waals surface area contributed by atoms with Crippen molar-refractivity contribution < 1.29 is 18.7 Å². The number of para-hydroxylation sites is 1. The molecular weight excluding hydrogens is 350 g/mol. The van der Waals surface area contributed by atoms with Crippen LogP contribution < -0.4 is 5.32 Å². The van der Waals surface area contributed by atoms with Gasteiger partial charge < -0.3 is 14.5 Å². The molecule has 0 aliphatic heterocycles. The van der Waals surface area contributed by atoms with Crippen molar-refractivity contribution in [1.29, 1.82) is 0 Å². The van der Waals surface area contributed by atoms with E-state index in [1.54, 1.807) is 32.9 Å². The molecule has 0 bridgehead atoms. The minimum absolute atomic E-state index is 0.358. The number of rotatable bonds is 4. The van der Waals surface area contributed by atoms with Crippen LogP contribution in [0.1, 0.15) is 27.4 Å². The minimum atomic E-state index is -0.561. The first kappa shape index (κ1) is 16.3. The number of nitrogens with one attached hydrogen (secondary N) is 1. The van der Waals surface area contributed by atoms with Crippen LogP contribution in [0.4, 0.5) is 5.69 Å². The molecule has 0 aliphatic carbocycles. The number of carbonyl (C=O) groups excluding carboxylic acids is 2. The lowest BCUT2D eigenvalue weighted by atomic mass is 10.1. The monoisotopic (exact) mass is 365 g/mol. The van der Waals surface area contributed by atoms with Crippen molar-refractivity contribution in [3.63, 3.8) is 0 Å². The van der Waals surface area contributed by atoms with Crippen LogP contribution in [-0.2, 0) is 9.53 Å². The summed E-state index contributed by atoms with van der Waals surface area (Å²) in [5.74, 6) is 0.193. The summed E-state index contributed by atoms with van der Waals surface area (Å²) in [6, 6.07) is 7.19. The molecule has 2 rings (SSSR count).